The van der Waals surface area contributed by atoms with Crippen molar-refractivity contribution in [3.63, 3.8) is 0 Å². The van der Waals surface area contributed by atoms with E-state index in [4.69, 9.17) is 11.6 Å². The van der Waals surface area contributed by atoms with Gasteiger partial charge >= 0.3 is 0 Å². The fourth-order valence-electron chi connectivity index (χ4n) is 1.38. The molecule has 2 rings (SSSR count). The second-order valence-corrected chi connectivity index (χ2v) is 5.19. The fraction of sp³-hybridized carbons (Fsp3) is 0.231. The third kappa shape index (κ3) is 3.45. The molecule has 0 aliphatic heterocycles. The molecule has 1 aromatic heterocycles. The first-order valence-electron chi connectivity index (χ1n) is 5.45. The number of hydrogen-bond donors (Lipinski definition) is 0. The summed E-state index contributed by atoms with van der Waals surface area (Å²) < 4.78 is 0. The maximum atomic E-state index is 5.96. The van der Waals surface area contributed by atoms with Crippen LogP contribution in [0, 0.1) is 6.92 Å². The number of hydrogen-bond acceptors (Lipinski definition) is 3. The van der Waals surface area contributed by atoms with Gasteiger partial charge < -0.3 is 0 Å². The van der Waals surface area contributed by atoms with Crippen LogP contribution >= 0.6 is 23.4 Å². The Morgan fingerprint density at radius 1 is 1.18 bits per heavy atom. The Kier molecular flexibility index (Phi) is 4.02. The third-order valence-electron chi connectivity index (χ3n) is 2.28. The molecule has 0 fully saturated rings. The molecule has 4 heteroatoms. The molecule has 0 aliphatic rings. The standard InChI is InChI=1S/C13H13ClN2S/c1-3-12-15-11(14)8-13(16-12)17-10-6-4-9(2)5-7-10/h4-8H,3H2,1-2H3. The van der Waals surface area contributed by atoms with E-state index in [9.17, 15) is 0 Å². The summed E-state index contributed by atoms with van der Waals surface area (Å²) in [5, 5.41) is 1.40. The van der Waals surface area contributed by atoms with Crippen LogP contribution in [0.4, 0.5) is 0 Å². The topological polar surface area (TPSA) is 25.8 Å². The van der Waals surface area contributed by atoms with Gasteiger partial charge in [-0.25, -0.2) is 9.97 Å². The number of benzene rings is 1. The van der Waals surface area contributed by atoms with Gasteiger partial charge in [-0.15, -0.1) is 0 Å². The molecule has 0 spiro atoms. The minimum Gasteiger partial charge on any atom is -0.226 e. The Bertz CT molecular complexity index is 511. The monoisotopic (exact) mass is 264 g/mol. The van der Waals surface area contributed by atoms with Crippen LogP contribution < -0.4 is 0 Å². The second-order valence-electron chi connectivity index (χ2n) is 3.71. The van der Waals surface area contributed by atoms with Gasteiger partial charge in [0, 0.05) is 17.4 Å². The van der Waals surface area contributed by atoms with Crippen molar-refractivity contribution >= 4 is 23.4 Å². The molecule has 0 saturated carbocycles. The van der Waals surface area contributed by atoms with E-state index in [1.807, 2.05) is 6.92 Å². The highest BCUT2D eigenvalue weighted by Crippen LogP contribution is 2.27. The summed E-state index contributed by atoms with van der Waals surface area (Å²) >= 11 is 7.56. The summed E-state index contributed by atoms with van der Waals surface area (Å²) in [5.41, 5.74) is 1.25. The van der Waals surface area contributed by atoms with Crippen LogP contribution in [0.5, 0.6) is 0 Å². The van der Waals surface area contributed by atoms with Crippen LogP contribution in [0.15, 0.2) is 40.3 Å². The number of halogens is 1. The average molecular weight is 265 g/mol. The van der Waals surface area contributed by atoms with Crippen molar-refractivity contribution in [3.05, 3.63) is 46.9 Å². The maximum absolute atomic E-state index is 5.96. The zero-order chi connectivity index (χ0) is 12.3. The summed E-state index contributed by atoms with van der Waals surface area (Å²) in [6.45, 7) is 4.09. The molecular weight excluding hydrogens is 252 g/mol. The van der Waals surface area contributed by atoms with Crippen molar-refractivity contribution in [3.8, 4) is 0 Å². The number of aromatic nitrogens is 2. The molecule has 0 amide bonds. The lowest BCUT2D eigenvalue weighted by Crippen LogP contribution is -1.94. The molecule has 0 atom stereocenters. The molecule has 1 aromatic carbocycles. The molecule has 0 unspecified atom stereocenters. The van der Waals surface area contributed by atoms with Crippen molar-refractivity contribution in [1.29, 1.82) is 0 Å². The average Bonchev–Trinajstić information content (AvgIpc) is 2.31. The van der Waals surface area contributed by atoms with Crippen LogP contribution in [-0.4, -0.2) is 9.97 Å². The molecule has 88 valence electrons. The summed E-state index contributed by atoms with van der Waals surface area (Å²) in [6, 6.07) is 10.1. The first kappa shape index (κ1) is 12.4. The predicted octanol–water partition coefficient (Wildman–Crippen LogP) is 4.15. The molecule has 1 heterocycles. The van der Waals surface area contributed by atoms with E-state index in [-0.39, 0.29) is 0 Å². The van der Waals surface area contributed by atoms with Crippen LogP contribution in [0.25, 0.3) is 0 Å². The van der Waals surface area contributed by atoms with Gasteiger partial charge in [0.15, 0.2) is 0 Å². The number of nitrogens with zero attached hydrogens (tertiary/aromatic N) is 2. The van der Waals surface area contributed by atoms with E-state index in [1.165, 1.54) is 5.56 Å². The summed E-state index contributed by atoms with van der Waals surface area (Å²) in [6.07, 6.45) is 0.794. The normalized spacial score (nSPS) is 10.5. The molecule has 0 N–H and O–H groups in total. The van der Waals surface area contributed by atoms with Crippen LogP contribution in [0.2, 0.25) is 5.15 Å². The third-order valence-corrected chi connectivity index (χ3v) is 3.40. The largest absolute Gasteiger partial charge is 0.226 e. The van der Waals surface area contributed by atoms with Crippen molar-refractivity contribution in [1.82, 2.24) is 9.97 Å². The van der Waals surface area contributed by atoms with Crippen molar-refractivity contribution in [2.24, 2.45) is 0 Å². The van der Waals surface area contributed by atoms with Crippen molar-refractivity contribution in [2.45, 2.75) is 30.2 Å². The van der Waals surface area contributed by atoms with Crippen LogP contribution in [-0.2, 0) is 6.42 Å². The van der Waals surface area contributed by atoms with Gasteiger partial charge in [-0.1, -0.05) is 48.0 Å². The Labute approximate surface area is 110 Å². The highest BCUT2D eigenvalue weighted by molar-refractivity contribution is 7.99. The lowest BCUT2D eigenvalue weighted by Gasteiger charge is -2.04. The Morgan fingerprint density at radius 2 is 1.88 bits per heavy atom. The highest BCUT2D eigenvalue weighted by Gasteiger charge is 2.03. The van der Waals surface area contributed by atoms with Gasteiger partial charge in [-0.05, 0) is 19.1 Å². The smallest absolute Gasteiger partial charge is 0.133 e. The fourth-order valence-corrected chi connectivity index (χ4v) is 2.48. The van der Waals surface area contributed by atoms with Gasteiger partial charge in [-0.2, -0.15) is 0 Å². The lowest BCUT2D eigenvalue weighted by molar-refractivity contribution is 0.889. The van der Waals surface area contributed by atoms with E-state index in [0.29, 0.717) is 5.15 Å². The second kappa shape index (κ2) is 5.52. The Morgan fingerprint density at radius 3 is 2.53 bits per heavy atom. The molecule has 2 nitrogen and oxygen atoms in total. The van der Waals surface area contributed by atoms with Gasteiger partial charge in [0.25, 0.3) is 0 Å². The molecular formula is C13H13ClN2S. The maximum Gasteiger partial charge on any atom is 0.133 e. The van der Waals surface area contributed by atoms with Gasteiger partial charge in [0.1, 0.15) is 16.0 Å². The van der Waals surface area contributed by atoms with Gasteiger partial charge in [0.2, 0.25) is 0 Å². The lowest BCUT2D eigenvalue weighted by atomic mass is 10.2. The van der Waals surface area contributed by atoms with Crippen LogP contribution in [0.1, 0.15) is 18.3 Å². The Hall–Kier alpha value is -1.06. The zero-order valence-electron chi connectivity index (χ0n) is 9.77. The van der Waals surface area contributed by atoms with E-state index in [2.05, 4.69) is 41.2 Å². The van der Waals surface area contributed by atoms with E-state index in [1.54, 1.807) is 17.8 Å². The summed E-state index contributed by atoms with van der Waals surface area (Å²) in [4.78, 5) is 9.75. The predicted molar refractivity (Wildman–Crippen MR) is 71.7 cm³/mol. The first-order chi connectivity index (χ1) is 8.17. The molecule has 0 saturated heterocycles. The van der Waals surface area contributed by atoms with Gasteiger partial charge in [-0.3, -0.25) is 0 Å². The number of aryl methyl sites for hydroxylation is 2. The van der Waals surface area contributed by atoms with E-state index >= 15 is 0 Å². The summed E-state index contributed by atoms with van der Waals surface area (Å²) in [7, 11) is 0. The summed E-state index contributed by atoms with van der Waals surface area (Å²) in [5.74, 6) is 0.784. The van der Waals surface area contributed by atoms with Crippen molar-refractivity contribution in [2.75, 3.05) is 0 Å². The molecule has 0 radical (unpaired) electrons. The molecule has 2 aromatic rings. The molecule has 17 heavy (non-hydrogen) atoms. The highest BCUT2D eigenvalue weighted by atomic mass is 35.5. The van der Waals surface area contributed by atoms with Gasteiger partial charge in [0.05, 0.1) is 0 Å². The van der Waals surface area contributed by atoms with Crippen molar-refractivity contribution < 1.29 is 0 Å². The molecule has 0 aliphatic carbocycles. The SMILES string of the molecule is CCc1nc(Cl)cc(Sc2ccc(C)cc2)n1. The minimum absolute atomic E-state index is 0.506. The first-order valence-corrected chi connectivity index (χ1v) is 6.65. The van der Waals surface area contributed by atoms with E-state index in [0.717, 1.165) is 22.2 Å². The zero-order valence-corrected chi connectivity index (χ0v) is 11.3. The van der Waals surface area contributed by atoms with E-state index < -0.39 is 0 Å². The number of rotatable bonds is 3. The quantitative estimate of drug-likeness (QED) is 0.779. The van der Waals surface area contributed by atoms with Crippen LogP contribution in [0.3, 0.4) is 0 Å². The Balaban J connectivity index is 2.23. The molecule has 0 bridgehead atoms. The minimum atomic E-state index is 0.506.